The number of phenolic OH excluding ortho intramolecular Hbond substituents is 1. The summed E-state index contributed by atoms with van der Waals surface area (Å²) in [5.74, 6) is 0.719. The highest BCUT2D eigenvalue weighted by atomic mass is 79.9. The largest absolute Gasteiger partial charge is 0.506 e. The Kier molecular flexibility index (Phi) is 6.80. The van der Waals surface area contributed by atoms with Crippen molar-refractivity contribution in [1.82, 2.24) is 4.90 Å². The second kappa shape index (κ2) is 9.37. The van der Waals surface area contributed by atoms with E-state index in [1.165, 1.54) is 12.8 Å². The number of aromatic hydroxyl groups is 1. The summed E-state index contributed by atoms with van der Waals surface area (Å²) in [5, 5.41) is 13.5. The lowest BCUT2D eigenvalue weighted by molar-refractivity contribution is -0.129. The van der Waals surface area contributed by atoms with Gasteiger partial charge in [-0.25, -0.2) is 0 Å². The van der Waals surface area contributed by atoms with Crippen LogP contribution in [0.2, 0.25) is 0 Å². The molecular weight excluding hydrogens is 528 g/mol. The number of hydrogen-bond acceptors (Lipinski definition) is 4. The first-order valence-corrected chi connectivity index (χ1v) is 12.6. The van der Waals surface area contributed by atoms with Gasteiger partial charge in [-0.2, -0.15) is 0 Å². The number of nitrogens with zero attached hydrogens (tertiary/aromatic N) is 1. The Morgan fingerprint density at radius 3 is 2.47 bits per heavy atom. The molecule has 2 aromatic rings. The van der Waals surface area contributed by atoms with E-state index >= 15 is 0 Å². The fourth-order valence-electron chi connectivity index (χ4n) is 4.19. The summed E-state index contributed by atoms with van der Waals surface area (Å²) in [7, 11) is 0. The van der Waals surface area contributed by atoms with Crippen molar-refractivity contribution < 1.29 is 9.90 Å². The molecule has 2 N–H and O–H groups in total. The van der Waals surface area contributed by atoms with Crippen molar-refractivity contribution in [1.29, 1.82) is 0 Å². The molecule has 3 atom stereocenters. The topological polar surface area (TPSA) is 52.6 Å². The fourth-order valence-corrected chi connectivity index (χ4v) is 6.62. The molecule has 1 heterocycles. The minimum atomic E-state index is -0.138. The predicted octanol–water partition coefficient (Wildman–Crippen LogP) is 6.81. The van der Waals surface area contributed by atoms with E-state index in [1.54, 1.807) is 11.8 Å². The first kappa shape index (κ1) is 21.8. The van der Waals surface area contributed by atoms with Crippen LogP contribution in [-0.2, 0) is 4.79 Å². The van der Waals surface area contributed by atoms with Gasteiger partial charge in [0.15, 0.2) is 5.50 Å². The van der Waals surface area contributed by atoms with Gasteiger partial charge in [-0.05, 0) is 86.5 Å². The van der Waals surface area contributed by atoms with E-state index in [4.69, 9.17) is 0 Å². The molecule has 4 nitrogen and oxygen atoms in total. The van der Waals surface area contributed by atoms with Crippen molar-refractivity contribution in [2.75, 3.05) is 5.32 Å². The number of nitrogens with one attached hydrogen (secondary N) is 1. The summed E-state index contributed by atoms with van der Waals surface area (Å²) >= 11 is 8.31. The molecule has 1 saturated carbocycles. The van der Waals surface area contributed by atoms with E-state index in [1.807, 2.05) is 48.5 Å². The summed E-state index contributed by atoms with van der Waals surface area (Å²) in [4.78, 5) is 16.3. The van der Waals surface area contributed by atoms with Gasteiger partial charge in [-0.15, -0.1) is 0 Å². The summed E-state index contributed by atoms with van der Waals surface area (Å²) in [6.45, 7) is 2.26. The van der Waals surface area contributed by atoms with Crippen molar-refractivity contribution >= 4 is 61.3 Å². The van der Waals surface area contributed by atoms with Gasteiger partial charge in [0.25, 0.3) is 5.91 Å². The van der Waals surface area contributed by atoms with E-state index in [9.17, 15) is 9.90 Å². The van der Waals surface area contributed by atoms with Crippen molar-refractivity contribution in [2.24, 2.45) is 5.92 Å². The number of carbonyl (C=O) groups excluding carboxylic acids is 1. The molecule has 0 aromatic heterocycles. The van der Waals surface area contributed by atoms with E-state index in [0.717, 1.165) is 24.1 Å². The van der Waals surface area contributed by atoms with Crippen LogP contribution in [0, 0.1) is 5.92 Å². The van der Waals surface area contributed by atoms with Crippen LogP contribution in [0.4, 0.5) is 5.69 Å². The summed E-state index contributed by atoms with van der Waals surface area (Å²) < 4.78 is 1.19. The molecule has 1 aliphatic carbocycles. The van der Waals surface area contributed by atoms with Crippen LogP contribution in [0.25, 0.3) is 6.08 Å². The molecule has 7 heteroatoms. The molecule has 30 heavy (non-hydrogen) atoms. The molecule has 0 radical (unpaired) electrons. The maximum atomic E-state index is 13.5. The lowest BCUT2D eigenvalue weighted by atomic mass is 9.85. The number of benzene rings is 2. The molecule has 0 bridgehead atoms. The van der Waals surface area contributed by atoms with Crippen molar-refractivity contribution in [2.45, 2.75) is 44.1 Å². The maximum Gasteiger partial charge on any atom is 0.262 e. The van der Waals surface area contributed by atoms with Gasteiger partial charge in [-0.1, -0.05) is 49.7 Å². The van der Waals surface area contributed by atoms with Gasteiger partial charge in [0.05, 0.1) is 13.9 Å². The number of hydrogen-bond donors (Lipinski definition) is 2. The Morgan fingerprint density at radius 1 is 1.13 bits per heavy atom. The van der Waals surface area contributed by atoms with Crippen LogP contribution < -0.4 is 5.32 Å². The SMILES string of the molecule is C[C@@H]1CCCC[C@H]1N1C(=O)/C(=C/c2cc(Br)c(O)c(Br)c2)SC1Nc1ccccc1. The molecule has 2 aliphatic rings. The molecule has 1 aliphatic heterocycles. The fraction of sp³-hybridized carbons (Fsp3) is 0.348. The van der Waals surface area contributed by atoms with Crippen molar-refractivity contribution in [3.63, 3.8) is 0 Å². The first-order valence-electron chi connectivity index (χ1n) is 10.1. The highest BCUT2D eigenvalue weighted by molar-refractivity contribution is 9.11. The number of halogens is 2. The number of amides is 1. The molecule has 1 saturated heterocycles. The molecular formula is C23H24Br2N2O2S. The zero-order chi connectivity index (χ0) is 21.3. The van der Waals surface area contributed by atoms with Crippen LogP contribution >= 0.6 is 43.6 Å². The maximum absolute atomic E-state index is 13.5. The summed E-state index contributed by atoms with van der Waals surface area (Å²) in [6, 6.07) is 13.9. The third-order valence-electron chi connectivity index (χ3n) is 5.76. The normalized spacial score (nSPS) is 25.7. The predicted molar refractivity (Wildman–Crippen MR) is 131 cm³/mol. The lowest BCUT2D eigenvalue weighted by Crippen LogP contribution is -2.48. The van der Waals surface area contributed by atoms with Crippen molar-refractivity contribution in [3.8, 4) is 5.75 Å². The number of carbonyl (C=O) groups is 1. The molecule has 1 amide bonds. The lowest BCUT2D eigenvalue weighted by Gasteiger charge is -2.39. The van der Waals surface area contributed by atoms with E-state index in [0.29, 0.717) is 19.8 Å². The molecule has 158 valence electrons. The monoisotopic (exact) mass is 550 g/mol. The van der Waals surface area contributed by atoms with Crippen LogP contribution in [0.15, 0.2) is 56.3 Å². The minimum Gasteiger partial charge on any atom is -0.506 e. The van der Waals surface area contributed by atoms with Crippen LogP contribution in [0.3, 0.4) is 0 Å². The quantitative estimate of drug-likeness (QED) is 0.410. The van der Waals surface area contributed by atoms with Crippen LogP contribution in [0.1, 0.15) is 38.2 Å². The average Bonchev–Trinajstić information content (AvgIpc) is 3.02. The smallest absolute Gasteiger partial charge is 0.262 e. The van der Waals surface area contributed by atoms with Gasteiger partial charge in [-0.3, -0.25) is 4.79 Å². The highest BCUT2D eigenvalue weighted by Crippen LogP contribution is 2.43. The Morgan fingerprint density at radius 2 is 1.80 bits per heavy atom. The van der Waals surface area contributed by atoms with Crippen molar-refractivity contribution in [3.05, 3.63) is 61.9 Å². The Labute approximate surface area is 198 Å². The number of para-hydroxylation sites is 1. The third kappa shape index (κ3) is 4.58. The van der Waals surface area contributed by atoms with E-state index in [-0.39, 0.29) is 23.2 Å². The number of anilines is 1. The Hall–Kier alpha value is -1.44. The molecule has 4 rings (SSSR count). The highest BCUT2D eigenvalue weighted by Gasteiger charge is 2.42. The Balaban J connectivity index is 1.67. The molecule has 1 unspecified atom stereocenters. The van der Waals surface area contributed by atoms with E-state index < -0.39 is 0 Å². The Bertz CT molecular complexity index is 944. The van der Waals surface area contributed by atoms with E-state index in [2.05, 4.69) is 49.0 Å². The third-order valence-corrected chi connectivity index (χ3v) is 8.08. The van der Waals surface area contributed by atoms with Crippen LogP contribution in [0.5, 0.6) is 5.75 Å². The standard InChI is InChI=1S/C23H24Br2N2O2S/c1-14-7-5-6-10-19(14)27-22(29)20(13-15-11-17(24)21(28)18(25)12-15)30-23(27)26-16-8-3-2-4-9-16/h2-4,8-9,11-14,19,23,26,28H,5-7,10H2,1H3/b20-13-/t14-,19-,23?/m1/s1. The first-order chi connectivity index (χ1) is 14.4. The summed E-state index contributed by atoms with van der Waals surface area (Å²) in [5.41, 5.74) is 1.73. The number of rotatable bonds is 4. The molecule has 2 aromatic carbocycles. The minimum absolute atomic E-state index is 0.0764. The summed E-state index contributed by atoms with van der Waals surface area (Å²) in [6.07, 6.45) is 6.52. The zero-order valence-electron chi connectivity index (χ0n) is 16.6. The van der Waals surface area contributed by atoms with Gasteiger partial charge < -0.3 is 15.3 Å². The van der Waals surface area contributed by atoms with Gasteiger partial charge in [0, 0.05) is 11.7 Å². The second-order valence-electron chi connectivity index (χ2n) is 7.86. The average molecular weight is 552 g/mol. The zero-order valence-corrected chi connectivity index (χ0v) is 20.6. The number of phenols is 1. The van der Waals surface area contributed by atoms with Gasteiger partial charge >= 0.3 is 0 Å². The van der Waals surface area contributed by atoms with Gasteiger partial charge in [0.2, 0.25) is 0 Å². The second-order valence-corrected chi connectivity index (χ2v) is 10.7. The molecule has 0 spiro atoms. The number of thioether (sulfide) groups is 1. The van der Waals surface area contributed by atoms with Crippen LogP contribution in [-0.4, -0.2) is 27.5 Å². The molecule has 2 fully saturated rings. The van der Waals surface area contributed by atoms with Gasteiger partial charge in [0.1, 0.15) is 5.75 Å².